The van der Waals surface area contributed by atoms with Crippen LogP contribution in [0.1, 0.15) is 33.3 Å². The smallest absolute Gasteiger partial charge is 0.319 e. The van der Waals surface area contributed by atoms with Crippen molar-refractivity contribution in [2.24, 2.45) is 0 Å². The van der Waals surface area contributed by atoms with Gasteiger partial charge in [-0.3, -0.25) is 4.79 Å². The highest BCUT2D eigenvalue weighted by molar-refractivity contribution is 5.89. The van der Waals surface area contributed by atoms with Crippen LogP contribution in [0.15, 0.2) is 24.3 Å². The van der Waals surface area contributed by atoms with Gasteiger partial charge in [0.25, 0.3) is 0 Å². The number of hydrogen-bond donors (Lipinski definition) is 3. The number of carboxylic acids is 1. The highest BCUT2D eigenvalue weighted by Gasteiger charge is 2.58. The van der Waals surface area contributed by atoms with Crippen molar-refractivity contribution in [3.05, 3.63) is 29.8 Å². The number of benzene rings is 1. The van der Waals surface area contributed by atoms with Crippen molar-refractivity contribution < 1.29 is 38.4 Å². The van der Waals surface area contributed by atoms with Crippen molar-refractivity contribution in [3.63, 3.8) is 0 Å². The molecule has 0 aromatic heterocycles. The third-order valence-corrected chi connectivity index (χ3v) is 5.35. The summed E-state index contributed by atoms with van der Waals surface area (Å²) in [5.74, 6) is -2.48. The van der Waals surface area contributed by atoms with Crippen molar-refractivity contribution >= 4 is 17.7 Å². The monoisotopic (exact) mass is 436 g/mol. The molecule has 1 aromatic rings. The lowest BCUT2D eigenvalue weighted by Gasteiger charge is -2.29. The minimum atomic E-state index is -0.914. The summed E-state index contributed by atoms with van der Waals surface area (Å²) < 4.78 is 29.5. The van der Waals surface area contributed by atoms with Gasteiger partial charge in [-0.2, -0.15) is 0 Å². The molecule has 0 aliphatic carbocycles. The molecule has 3 aliphatic heterocycles. The summed E-state index contributed by atoms with van der Waals surface area (Å²) in [6.07, 6.45) is -2.12. The Morgan fingerprint density at radius 2 is 1.74 bits per heavy atom. The van der Waals surface area contributed by atoms with Crippen LogP contribution in [0.2, 0.25) is 0 Å². The van der Waals surface area contributed by atoms with E-state index in [2.05, 4.69) is 10.6 Å². The Labute approximate surface area is 180 Å². The zero-order valence-electron chi connectivity index (χ0n) is 17.9. The number of carbonyl (C=O) groups is 2. The molecular formula is C21H28N2O8. The Balaban J connectivity index is 1.44. The molecule has 1 aromatic carbocycles. The number of carbonyl (C=O) groups excluding carboxylic acids is 1. The second-order valence-electron chi connectivity index (χ2n) is 8.83. The van der Waals surface area contributed by atoms with Crippen molar-refractivity contribution in [1.82, 2.24) is 5.32 Å². The maximum atomic E-state index is 12.7. The number of hydrogen-bond acceptors (Lipinski definition) is 7. The number of anilines is 1. The van der Waals surface area contributed by atoms with Gasteiger partial charge in [0.15, 0.2) is 17.9 Å². The van der Waals surface area contributed by atoms with Crippen LogP contribution in [-0.2, 0) is 34.9 Å². The van der Waals surface area contributed by atoms with Crippen LogP contribution < -0.4 is 10.6 Å². The average molecular weight is 436 g/mol. The molecule has 3 fully saturated rings. The van der Waals surface area contributed by atoms with Crippen molar-refractivity contribution in [1.29, 1.82) is 0 Å². The van der Waals surface area contributed by atoms with Gasteiger partial charge in [0.05, 0.1) is 19.1 Å². The molecule has 3 saturated heterocycles. The molecule has 3 N–H and O–H groups in total. The first-order valence-electron chi connectivity index (χ1n) is 10.2. The highest BCUT2D eigenvalue weighted by atomic mass is 16.8. The molecule has 31 heavy (non-hydrogen) atoms. The summed E-state index contributed by atoms with van der Waals surface area (Å²) in [7, 11) is 0. The number of amides is 2. The van der Waals surface area contributed by atoms with Gasteiger partial charge in [-0.05, 0) is 45.4 Å². The van der Waals surface area contributed by atoms with E-state index in [9.17, 15) is 9.59 Å². The number of rotatable bonds is 5. The summed E-state index contributed by atoms with van der Waals surface area (Å²) in [5, 5.41) is 14.6. The number of aliphatic carboxylic acids is 1. The maximum absolute atomic E-state index is 12.7. The Morgan fingerprint density at radius 3 is 2.35 bits per heavy atom. The molecule has 2 amide bonds. The van der Waals surface area contributed by atoms with Crippen LogP contribution in [0.4, 0.5) is 10.5 Å². The van der Waals surface area contributed by atoms with Gasteiger partial charge in [0.1, 0.15) is 18.3 Å². The Hall–Kier alpha value is -2.24. The van der Waals surface area contributed by atoms with E-state index in [0.29, 0.717) is 17.9 Å². The molecule has 10 heteroatoms. The lowest BCUT2D eigenvalue weighted by Crippen LogP contribution is -2.53. The lowest BCUT2D eigenvalue weighted by molar-refractivity contribution is -0.223. The molecule has 0 spiro atoms. The average Bonchev–Trinajstić information content (AvgIpc) is 3.26. The van der Waals surface area contributed by atoms with E-state index in [1.165, 1.54) is 0 Å². The summed E-state index contributed by atoms with van der Waals surface area (Å²) in [4.78, 5) is 23.5. The first-order valence-corrected chi connectivity index (χ1v) is 10.2. The molecule has 10 nitrogen and oxygen atoms in total. The standard InChI is InChI=1S/C21H28N2O8/c1-20(2)27-10-13(29-20)16-15(17-18(28-16)31-21(3,4)30-17)23-19(26)22-12-7-5-11(6-8-12)9-14(24)25/h5-8,13,15-18H,9-10H2,1-4H3,(H,24,25)(H2,22,23,26)/t13?,15-,16+,17+,18+/m0/s1. The van der Waals surface area contributed by atoms with Crippen molar-refractivity contribution in [2.75, 3.05) is 11.9 Å². The number of urea groups is 1. The fourth-order valence-electron chi connectivity index (χ4n) is 4.09. The first kappa shape index (κ1) is 22.0. The van der Waals surface area contributed by atoms with E-state index >= 15 is 0 Å². The van der Waals surface area contributed by atoms with Crippen molar-refractivity contribution in [3.8, 4) is 0 Å². The molecule has 0 radical (unpaired) electrons. The van der Waals surface area contributed by atoms with Crippen LogP contribution in [0.5, 0.6) is 0 Å². The molecule has 0 bridgehead atoms. The van der Waals surface area contributed by atoms with Crippen LogP contribution in [0.3, 0.4) is 0 Å². The molecule has 3 aliphatic rings. The first-order chi connectivity index (χ1) is 14.5. The fraction of sp³-hybridized carbons (Fsp3) is 0.619. The van der Waals surface area contributed by atoms with Gasteiger partial charge in [-0.15, -0.1) is 0 Å². The SMILES string of the molecule is CC1(C)OCC([C@H]2O[C@@H]3OC(C)(C)O[C@@H]3[C@H]2NC(=O)Nc2ccc(CC(=O)O)cc2)O1. The van der Waals surface area contributed by atoms with Gasteiger partial charge >= 0.3 is 12.0 Å². The topological polar surface area (TPSA) is 125 Å². The predicted octanol–water partition coefficient (Wildman–Crippen LogP) is 1.83. The zero-order valence-corrected chi connectivity index (χ0v) is 17.9. The Bertz CT molecular complexity index is 840. The summed E-state index contributed by atoms with van der Waals surface area (Å²) in [5.41, 5.74) is 1.18. The quantitative estimate of drug-likeness (QED) is 0.639. The second kappa shape index (κ2) is 8.03. The van der Waals surface area contributed by atoms with E-state index in [-0.39, 0.29) is 6.42 Å². The van der Waals surface area contributed by atoms with Gasteiger partial charge in [-0.1, -0.05) is 12.1 Å². The Morgan fingerprint density at radius 1 is 1.03 bits per heavy atom. The second-order valence-corrected chi connectivity index (χ2v) is 8.83. The lowest BCUT2D eigenvalue weighted by atomic mass is 10.0. The van der Waals surface area contributed by atoms with E-state index in [4.69, 9.17) is 28.8 Å². The Kier molecular flexibility index (Phi) is 5.69. The van der Waals surface area contributed by atoms with Crippen LogP contribution in [0, 0.1) is 0 Å². The maximum Gasteiger partial charge on any atom is 0.319 e. The highest BCUT2D eigenvalue weighted by Crippen LogP contribution is 2.40. The summed E-state index contributed by atoms with van der Waals surface area (Å²) in [6.45, 7) is 7.55. The minimum Gasteiger partial charge on any atom is -0.481 e. The molecule has 4 rings (SSSR count). The number of ether oxygens (including phenoxy) is 5. The molecule has 170 valence electrons. The summed E-state index contributed by atoms with van der Waals surface area (Å²) >= 11 is 0. The minimum absolute atomic E-state index is 0.0798. The van der Waals surface area contributed by atoms with Gasteiger partial charge in [-0.25, -0.2) is 4.79 Å². The van der Waals surface area contributed by atoms with Crippen molar-refractivity contribution in [2.45, 2.75) is 76.3 Å². The number of nitrogens with one attached hydrogen (secondary N) is 2. The zero-order chi connectivity index (χ0) is 22.4. The molecule has 0 saturated carbocycles. The van der Waals surface area contributed by atoms with Crippen LogP contribution >= 0.6 is 0 Å². The third kappa shape index (κ3) is 4.99. The number of carboxylic acid groups (broad SMARTS) is 1. The molecule has 5 atom stereocenters. The fourth-order valence-corrected chi connectivity index (χ4v) is 4.09. The van der Waals surface area contributed by atoms with Crippen LogP contribution in [-0.4, -0.2) is 65.9 Å². The van der Waals surface area contributed by atoms with Gasteiger partial charge in [0.2, 0.25) is 0 Å². The molecule has 1 unspecified atom stereocenters. The van der Waals surface area contributed by atoms with E-state index in [1.807, 2.05) is 13.8 Å². The van der Waals surface area contributed by atoms with E-state index in [1.54, 1.807) is 38.1 Å². The normalized spacial score (nSPS) is 33.1. The number of fused-ring (bicyclic) bond motifs is 1. The third-order valence-electron chi connectivity index (χ3n) is 5.35. The van der Waals surface area contributed by atoms with Crippen LogP contribution in [0.25, 0.3) is 0 Å². The van der Waals surface area contributed by atoms with E-state index < -0.39 is 54.2 Å². The molecular weight excluding hydrogens is 408 g/mol. The largest absolute Gasteiger partial charge is 0.481 e. The molecule has 3 heterocycles. The predicted molar refractivity (Wildman–Crippen MR) is 107 cm³/mol. The summed E-state index contributed by atoms with van der Waals surface area (Å²) in [6, 6.07) is 5.64. The van der Waals surface area contributed by atoms with Gasteiger partial charge in [0, 0.05) is 5.69 Å². The van der Waals surface area contributed by atoms with E-state index in [0.717, 1.165) is 0 Å². The van der Waals surface area contributed by atoms with Gasteiger partial charge < -0.3 is 39.4 Å².